The maximum atomic E-state index is 10.7. The Morgan fingerprint density at radius 2 is 2.00 bits per heavy atom. The molecule has 0 saturated heterocycles. The summed E-state index contributed by atoms with van der Waals surface area (Å²) in [7, 11) is 1.31. The monoisotopic (exact) mass is 158 g/mol. The van der Waals surface area contributed by atoms with Gasteiger partial charge in [0, 0.05) is 6.92 Å². The van der Waals surface area contributed by atoms with Crippen molar-refractivity contribution in [1.82, 2.24) is 0 Å². The molecule has 0 saturated carbocycles. The van der Waals surface area contributed by atoms with Crippen molar-refractivity contribution in [3.63, 3.8) is 0 Å². The molecule has 0 aromatic heterocycles. The Morgan fingerprint density at radius 3 is 2.27 bits per heavy atom. The molecule has 0 aliphatic carbocycles. The second-order valence-electron chi connectivity index (χ2n) is 1.86. The van der Waals surface area contributed by atoms with Crippen molar-refractivity contribution in [2.75, 3.05) is 7.11 Å². The van der Waals surface area contributed by atoms with Gasteiger partial charge in [0.15, 0.2) is 11.5 Å². The molecule has 5 heteroatoms. The maximum absolute atomic E-state index is 10.7. The quantitative estimate of drug-likeness (QED) is 0.367. The van der Waals surface area contributed by atoms with Crippen molar-refractivity contribution in [1.29, 1.82) is 0 Å². The summed E-state index contributed by atoms with van der Waals surface area (Å²) in [4.78, 5) is 15.1. The lowest BCUT2D eigenvalue weighted by Crippen LogP contribution is -2.19. The van der Waals surface area contributed by atoms with E-state index < -0.39 is 0 Å². The summed E-state index contributed by atoms with van der Waals surface area (Å²) in [5.41, 5.74) is 0.161. The van der Waals surface area contributed by atoms with Gasteiger partial charge in [0.05, 0.1) is 0 Å². The number of carbonyl (C=O) groups excluding carboxylic acids is 1. The predicted octanol–water partition coefficient (Wildman–Crippen LogP) is 0.428. The van der Waals surface area contributed by atoms with Gasteiger partial charge in [-0.15, -0.1) is 0 Å². The van der Waals surface area contributed by atoms with E-state index in [9.17, 15) is 4.79 Å². The zero-order chi connectivity index (χ0) is 8.85. The number of nitrogens with zero attached hydrogens (tertiary/aromatic N) is 2. The van der Waals surface area contributed by atoms with Crippen LogP contribution in [0.5, 0.6) is 0 Å². The Bertz CT molecular complexity index is 208. The lowest BCUT2D eigenvalue weighted by Gasteiger charge is -1.96. The topological polar surface area (TPSA) is 71.2 Å². The van der Waals surface area contributed by atoms with Crippen LogP contribution in [0.1, 0.15) is 13.8 Å². The number of rotatable bonds is 3. The Kier molecular flexibility index (Phi) is 3.87. The fraction of sp³-hybridized carbons (Fsp3) is 0.500. The maximum Gasteiger partial charge on any atom is 0.183 e. The van der Waals surface area contributed by atoms with E-state index in [0.717, 1.165) is 0 Å². The highest BCUT2D eigenvalue weighted by Gasteiger charge is 2.10. The summed E-state index contributed by atoms with van der Waals surface area (Å²) in [5, 5.41) is 14.5. The molecule has 0 aliphatic heterocycles. The number of carbonyl (C=O) groups is 1. The third-order valence-electron chi connectivity index (χ3n) is 1.01. The van der Waals surface area contributed by atoms with Crippen molar-refractivity contribution in [2.45, 2.75) is 13.8 Å². The Hall–Kier alpha value is -1.39. The van der Waals surface area contributed by atoms with Gasteiger partial charge in [0.25, 0.3) is 0 Å². The highest BCUT2D eigenvalue weighted by Crippen LogP contribution is 1.87. The molecule has 1 N–H and O–H groups in total. The zero-order valence-corrected chi connectivity index (χ0v) is 6.66. The molecule has 0 aromatic carbocycles. The molecule has 5 nitrogen and oxygen atoms in total. The van der Waals surface area contributed by atoms with Crippen LogP contribution in [-0.2, 0) is 9.63 Å². The van der Waals surface area contributed by atoms with E-state index in [2.05, 4.69) is 15.1 Å². The Morgan fingerprint density at radius 1 is 1.45 bits per heavy atom. The molecule has 0 atom stereocenters. The van der Waals surface area contributed by atoms with Crippen LogP contribution in [0.3, 0.4) is 0 Å². The van der Waals surface area contributed by atoms with Gasteiger partial charge in [-0.2, -0.15) is 0 Å². The molecule has 11 heavy (non-hydrogen) atoms. The van der Waals surface area contributed by atoms with Crippen LogP contribution in [-0.4, -0.2) is 29.5 Å². The fourth-order valence-corrected chi connectivity index (χ4v) is 0.524. The highest BCUT2D eigenvalue weighted by molar-refractivity contribution is 6.66. The summed E-state index contributed by atoms with van der Waals surface area (Å²) in [5.74, 6) is -0.304. The average Bonchev–Trinajstić information content (AvgIpc) is 1.98. The molecule has 0 rings (SSSR count). The minimum Gasteiger partial charge on any atom is -0.411 e. The minimum absolute atomic E-state index is 0.0231. The molecule has 0 heterocycles. The number of ketones is 1. The van der Waals surface area contributed by atoms with Crippen molar-refractivity contribution in [3.05, 3.63) is 0 Å². The summed E-state index contributed by atoms with van der Waals surface area (Å²) < 4.78 is 0. The van der Waals surface area contributed by atoms with Gasteiger partial charge in [-0.1, -0.05) is 10.3 Å². The molecule has 0 fully saturated rings. The largest absolute Gasteiger partial charge is 0.411 e. The van der Waals surface area contributed by atoms with Gasteiger partial charge >= 0.3 is 0 Å². The number of Topliss-reactive ketones (excluding diaryl/α,β-unsaturated/α-hetero) is 1. The predicted molar refractivity (Wildman–Crippen MR) is 40.0 cm³/mol. The molecular formula is C6H10N2O3. The summed E-state index contributed by atoms with van der Waals surface area (Å²) in [6.07, 6.45) is 0. The molecule has 0 radical (unpaired) electrons. The molecule has 0 amide bonds. The van der Waals surface area contributed by atoms with Crippen LogP contribution in [0.15, 0.2) is 10.3 Å². The van der Waals surface area contributed by atoms with Crippen molar-refractivity contribution in [3.8, 4) is 0 Å². The molecule has 0 spiro atoms. The first-order valence-electron chi connectivity index (χ1n) is 2.94. The molecule has 0 aromatic rings. The molecule has 62 valence electrons. The van der Waals surface area contributed by atoms with Crippen LogP contribution >= 0.6 is 0 Å². The standard InChI is InChI=1S/C6H10N2O3/c1-4(7-10)6(5(2)9)8-11-3/h10H,1-3H3/b7-4-,8-6+. The molecule has 0 unspecified atom stereocenters. The van der Waals surface area contributed by atoms with E-state index in [1.807, 2.05) is 0 Å². The summed E-state index contributed by atoms with van der Waals surface area (Å²) in [6.45, 7) is 2.77. The highest BCUT2D eigenvalue weighted by atomic mass is 16.6. The molecule has 0 aliphatic rings. The third kappa shape index (κ3) is 2.79. The normalized spacial score (nSPS) is 13.0. The second kappa shape index (κ2) is 4.43. The van der Waals surface area contributed by atoms with E-state index in [-0.39, 0.29) is 17.2 Å². The van der Waals surface area contributed by atoms with E-state index in [1.165, 1.54) is 21.0 Å². The van der Waals surface area contributed by atoms with Crippen molar-refractivity contribution < 1.29 is 14.8 Å². The van der Waals surface area contributed by atoms with Crippen molar-refractivity contribution in [2.24, 2.45) is 10.3 Å². The van der Waals surface area contributed by atoms with E-state index in [1.54, 1.807) is 0 Å². The van der Waals surface area contributed by atoms with E-state index >= 15 is 0 Å². The Balaban J connectivity index is 4.62. The smallest absolute Gasteiger partial charge is 0.183 e. The van der Waals surface area contributed by atoms with Gasteiger partial charge in [0.2, 0.25) is 0 Å². The van der Waals surface area contributed by atoms with Crippen LogP contribution in [0.2, 0.25) is 0 Å². The van der Waals surface area contributed by atoms with Gasteiger partial charge in [0.1, 0.15) is 12.8 Å². The van der Waals surface area contributed by atoms with Gasteiger partial charge < -0.3 is 10.0 Å². The number of hydrogen-bond acceptors (Lipinski definition) is 5. The SMILES string of the molecule is CO/N=C(C(C)=O)\C(C)=N/O. The van der Waals surface area contributed by atoms with E-state index in [0.29, 0.717) is 0 Å². The van der Waals surface area contributed by atoms with Crippen LogP contribution < -0.4 is 0 Å². The zero-order valence-electron chi connectivity index (χ0n) is 6.66. The number of hydrogen-bond donors (Lipinski definition) is 1. The van der Waals surface area contributed by atoms with Crippen molar-refractivity contribution >= 4 is 17.2 Å². The fourth-order valence-electron chi connectivity index (χ4n) is 0.524. The van der Waals surface area contributed by atoms with Crippen LogP contribution in [0.25, 0.3) is 0 Å². The Labute approximate surface area is 64.3 Å². The lowest BCUT2D eigenvalue weighted by molar-refractivity contribution is -0.111. The first-order chi connectivity index (χ1) is 5.13. The van der Waals surface area contributed by atoms with E-state index in [4.69, 9.17) is 5.21 Å². The number of oxime groups is 2. The first kappa shape index (κ1) is 9.61. The third-order valence-corrected chi connectivity index (χ3v) is 1.01. The minimum atomic E-state index is -0.304. The molecule has 0 bridgehead atoms. The lowest BCUT2D eigenvalue weighted by atomic mass is 10.2. The molecular weight excluding hydrogens is 148 g/mol. The second-order valence-corrected chi connectivity index (χ2v) is 1.86. The van der Waals surface area contributed by atoms with Crippen LogP contribution in [0, 0.1) is 0 Å². The van der Waals surface area contributed by atoms with Crippen LogP contribution in [0.4, 0.5) is 0 Å². The van der Waals surface area contributed by atoms with Gasteiger partial charge in [-0.3, -0.25) is 4.79 Å². The van der Waals surface area contributed by atoms with Gasteiger partial charge in [-0.25, -0.2) is 0 Å². The average molecular weight is 158 g/mol. The summed E-state index contributed by atoms with van der Waals surface area (Å²) in [6, 6.07) is 0. The van der Waals surface area contributed by atoms with Gasteiger partial charge in [-0.05, 0) is 6.92 Å². The first-order valence-corrected chi connectivity index (χ1v) is 2.94. The summed E-state index contributed by atoms with van der Waals surface area (Å²) >= 11 is 0.